The molecular weight excluding hydrogens is 360 g/mol. The highest BCUT2D eigenvalue weighted by molar-refractivity contribution is 7.91. The predicted molar refractivity (Wildman–Crippen MR) is 96.1 cm³/mol. The molecule has 1 amide bonds. The Labute approximate surface area is 151 Å². The molecule has 3 rings (SSSR count). The van der Waals surface area contributed by atoms with E-state index in [0.29, 0.717) is 25.9 Å². The largest absolute Gasteiger partial charge is 0.497 e. The van der Waals surface area contributed by atoms with E-state index in [1.807, 2.05) is 24.3 Å². The van der Waals surface area contributed by atoms with E-state index in [9.17, 15) is 13.2 Å². The molecule has 25 heavy (non-hydrogen) atoms. The van der Waals surface area contributed by atoms with E-state index >= 15 is 0 Å². The summed E-state index contributed by atoms with van der Waals surface area (Å²) in [6.07, 6.45) is 1.23. The molecule has 0 radical (unpaired) electrons. The van der Waals surface area contributed by atoms with Crippen LogP contribution < -0.4 is 10.1 Å². The van der Waals surface area contributed by atoms with E-state index in [4.69, 9.17) is 4.74 Å². The van der Waals surface area contributed by atoms with Crippen LogP contribution in [-0.2, 0) is 21.4 Å². The molecule has 1 atom stereocenters. The van der Waals surface area contributed by atoms with Gasteiger partial charge >= 0.3 is 0 Å². The van der Waals surface area contributed by atoms with Gasteiger partial charge in [-0.1, -0.05) is 18.2 Å². The zero-order chi connectivity index (χ0) is 17.9. The van der Waals surface area contributed by atoms with Crippen LogP contribution in [-0.4, -0.2) is 38.3 Å². The molecule has 0 saturated carbocycles. The number of benzene rings is 1. The van der Waals surface area contributed by atoms with Gasteiger partial charge in [-0.05, 0) is 42.0 Å². The zero-order valence-electron chi connectivity index (χ0n) is 13.8. The highest BCUT2D eigenvalue weighted by atomic mass is 32.2. The van der Waals surface area contributed by atoms with Crippen molar-refractivity contribution in [3.8, 4) is 5.75 Å². The summed E-state index contributed by atoms with van der Waals surface area (Å²) in [4.78, 5) is 12.5. The summed E-state index contributed by atoms with van der Waals surface area (Å²) in [5, 5.41) is 4.57. The molecule has 1 fully saturated rings. The third-order valence-electron chi connectivity index (χ3n) is 4.19. The fourth-order valence-corrected chi connectivity index (χ4v) is 5.64. The lowest BCUT2D eigenvalue weighted by Gasteiger charge is -2.22. The molecule has 6 nitrogen and oxygen atoms in total. The first kappa shape index (κ1) is 17.9. The number of thiophene rings is 1. The van der Waals surface area contributed by atoms with Crippen LogP contribution in [0.4, 0.5) is 0 Å². The lowest BCUT2D eigenvalue weighted by Crippen LogP contribution is -2.45. The van der Waals surface area contributed by atoms with Gasteiger partial charge in [0.15, 0.2) is 0 Å². The maximum absolute atomic E-state index is 12.7. The summed E-state index contributed by atoms with van der Waals surface area (Å²) in [5.74, 6) is 0.493. The third kappa shape index (κ3) is 3.86. The number of hydrogen-bond acceptors (Lipinski definition) is 5. The minimum atomic E-state index is -3.61. The lowest BCUT2D eigenvalue weighted by atomic mass is 10.2. The quantitative estimate of drug-likeness (QED) is 0.834. The highest BCUT2D eigenvalue weighted by Gasteiger charge is 2.39. The summed E-state index contributed by atoms with van der Waals surface area (Å²) in [5.41, 5.74) is 0.930. The van der Waals surface area contributed by atoms with Crippen molar-refractivity contribution < 1.29 is 17.9 Å². The highest BCUT2D eigenvalue weighted by Crippen LogP contribution is 2.28. The van der Waals surface area contributed by atoms with Gasteiger partial charge in [-0.15, -0.1) is 11.3 Å². The first-order valence-electron chi connectivity index (χ1n) is 7.98. The van der Waals surface area contributed by atoms with Gasteiger partial charge < -0.3 is 10.1 Å². The Kier molecular flexibility index (Phi) is 5.41. The summed E-state index contributed by atoms with van der Waals surface area (Å²) in [6.45, 7) is 0.729. The van der Waals surface area contributed by atoms with Gasteiger partial charge in [0.1, 0.15) is 16.0 Å². The summed E-state index contributed by atoms with van der Waals surface area (Å²) in [7, 11) is -2.01. The van der Waals surface area contributed by atoms with E-state index in [2.05, 4.69) is 5.32 Å². The molecule has 0 unspecified atom stereocenters. The van der Waals surface area contributed by atoms with Gasteiger partial charge in [0, 0.05) is 13.1 Å². The molecule has 1 aromatic carbocycles. The van der Waals surface area contributed by atoms with Crippen molar-refractivity contribution in [1.29, 1.82) is 0 Å². The van der Waals surface area contributed by atoms with Crippen LogP contribution in [0.1, 0.15) is 18.4 Å². The van der Waals surface area contributed by atoms with Crippen LogP contribution in [0.2, 0.25) is 0 Å². The number of rotatable bonds is 6. The average molecular weight is 380 g/mol. The first-order valence-corrected chi connectivity index (χ1v) is 10.3. The van der Waals surface area contributed by atoms with Crippen molar-refractivity contribution in [3.63, 3.8) is 0 Å². The minimum absolute atomic E-state index is 0.256. The van der Waals surface area contributed by atoms with Gasteiger partial charge in [-0.3, -0.25) is 4.79 Å². The number of nitrogens with one attached hydrogen (secondary N) is 1. The van der Waals surface area contributed by atoms with E-state index in [1.165, 1.54) is 15.6 Å². The second kappa shape index (κ2) is 7.55. The third-order valence-corrected chi connectivity index (χ3v) is 7.47. The van der Waals surface area contributed by atoms with E-state index < -0.39 is 16.1 Å². The molecule has 1 aliphatic rings. The number of carbonyl (C=O) groups excluding carboxylic acids is 1. The molecule has 2 aromatic rings. The number of sulfonamides is 1. The maximum Gasteiger partial charge on any atom is 0.253 e. The van der Waals surface area contributed by atoms with Crippen molar-refractivity contribution in [2.45, 2.75) is 29.6 Å². The standard InChI is InChI=1S/C17H20N2O4S2/c1-23-14-8-6-13(7-9-14)12-18-17(20)15-4-2-10-19(15)25(21,22)16-5-3-11-24-16/h3,5-9,11,15H,2,4,10,12H2,1H3,(H,18,20)/t15-/m1/s1. The Morgan fingerprint density at radius 2 is 2.08 bits per heavy atom. The van der Waals surface area contributed by atoms with Crippen LogP contribution in [0.25, 0.3) is 0 Å². The van der Waals surface area contributed by atoms with Crippen LogP contribution >= 0.6 is 11.3 Å². The number of carbonyl (C=O) groups is 1. The second-order valence-electron chi connectivity index (χ2n) is 5.77. The first-order chi connectivity index (χ1) is 12.0. The SMILES string of the molecule is COc1ccc(CNC(=O)[C@H]2CCCN2S(=O)(=O)c2cccs2)cc1. The Morgan fingerprint density at radius 3 is 2.72 bits per heavy atom. The number of ether oxygens (including phenoxy) is 1. The predicted octanol–water partition coefficient (Wildman–Crippen LogP) is 2.23. The Balaban J connectivity index is 1.66. The molecular formula is C17H20N2O4S2. The number of amides is 1. The number of hydrogen-bond donors (Lipinski definition) is 1. The van der Waals surface area contributed by atoms with E-state index in [1.54, 1.807) is 24.6 Å². The molecule has 134 valence electrons. The average Bonchev–Trinajstić information content (AvgIpc) is 3.31. The lowest BCUT2D eigenvalue weighted by molar-refractivity contribution is -0.124. The molecule has 1 N–H and O–H groups in total. The Hall–Kier alpha value is -1.90. The molecule has 0 aliphatic carbocycles. The van der Waals surface area contributed by atoms with Crippen molar-refractivity contribution >= 4 is 27.3 Å². The van der Waals surface area contributed by atoms with Crippen LogP contribution in [0, 0.1) is 0 Å². The van der Waals surface area contributed by atoms with Gasteiger partial charge in [-0.25, -0.2) is 8.42 Å². The molecule has 1 saturated heterocycles. The number of nitrogens with zero attached hydrogens (tertiary/aromatic N) is 1. The maximum atomic E-state index is 12.7. The van der Waals surface area contributed by atoms with Crippen molar-refractivity contribution in [3.05, 3.63) is 47.3 Å². The topological polar surface area (TPSA) is 75.7 Å². The monoisotopic (exact) mass is 380 g/mol. The Morgan fingerprint density at radius 1 is 1.32 bits per heavy atom. The summed E-state index contributed by atoms with van der Waals surface area (Å²) >= 11 is 1.17. The minimum Gasteiger partial charge on any atom is -0.497 e. The van der Waals surface area contributed by atoms with E-state index in [-0.39, 0.29) is 10.1 Å². The molecule has 2 heterocycles. The molecule has 0 bridgehead atoms. The second-order valence-corrected chi connectivity index (χ2v) is 8.84. The normalized spacial score (nSPS) is 18.2. The molecule has 0 spiro atoms. The Bertz CT molecular complexity index is 817. The van der Waals surface area contributed by atoms with Gasteiger partial charge in [0.05, 0.1) is 7.11 Å². The molecule has 1 aromatic heterocycles. The molecule has 8 heteroatoms. The number of methoxy groups -OCH3 is 1. The van der Waals surface area contributed by atoms with Crippen molar-refractivity contribution in [2.75, 3.05) is 13.7 Å². The van der Waals surface area contributed by atoms with Gasteiger partial charge in [0.2, 0.25) is 5.91 Å². The van der Waals surface area contributed by atoms with Crippen LogP contribution in [0.15, 0.2) is 46.0 Å². The zero-order valence-corrected chi connectivity index (χ0v) is 15.5. The van der Waals surface area contributed by atoms with Crippen molar-refractivity contribution in [2.24, 2.45) is 0 Å². The smallest absolute Gasteiger partial charge is 0.253 e. The van der Waals surface area contributed by atoms with Crippen molar-refractivity contribution in [1.82, 2.24) is 9.62 Å². The van der Waals surface area contributed by atoms with Crippen LogP contribution in [0.3, 0.4) is 0 Å². The van der Waals surface area contributed by atoms with Gasteiger partial charge in [-0.2, -0.15) is 4.31 Å². The fraction of sp³-hybridized carbons (Fsp3) is 0.353. The summed E-state index contributed by atoms with van der Waals surface area (Å²) in [6, 6.07) is 10.0. The molecule has 1 aliphatic heterocycles. The fourth-order valence-electron chi connectivity index (χ4n) is 2.87. The van der Waals surface area contributed by atoms with Gasteiger partial charge in [0.25, 0.3) is 10.0 Å². The van der Waals surface area contributed by atoms with Crippen LogP contribution in [0.5, 0.6) is 5.75 Å². The van der Waals surface area contributed by atoms with E-state index in [0.717, 1.165) is 11.3 Å². The summed E-state index contributed by atoms with van der Waals surface area (Å²) < 4.78 is 32.1.